The van der Waals surface area contributed by atoms with E-state index in [1.165, 1.54) is 11.8 Å². The lowest BCUT2D eigenvalue weighted by molar-refractivity contribution is 0.102. The Morgan fingerprint density at radius 1 is 1.04 bits per heavy atom. The van der Waals surface area contributed by atoms with E-state index < -0.39 is 0 Å². The zero-order chi connectivity index (χ0) is 19.7. The lowest BCUT2D eigenvalue weighted by Crippen LogP contribution is -2.13. The van der Waals surface area contributed by atoms with Crippen LogP contribution in [-0.2, 0) is 0 Å². The van der Waals surface area contributed by atoms with Crippen LogP contribution in [-0.4, -0.2) is 27.6 Å². The maximum absolute atomic E-state index is 12.9. The highest BCUT2D eigenvalue weighted by molar-refractivity contribution is 6.08. The molecule has 0 aliphatic rings. The summed E-state index contributed by atoms with van der Waals surface area (Å²) in [6.45, 7) is 4.00. The molecule has 0 bridgehead atoms. The Morgan fingerprint density at radius 2 is 1.79 bits per heavy atom. The SMILES string of the molecule is COc1ccc(C)cc1NC(=O)c1cnn2c(-c3ccc(C)cc3)ccnc12. The van der Waals surface area contributed by atoms with Gasteiger partial charge >= 0.3 is 0 Å². The van der Waals surface area contributed by atoms with Crippen LogP contribution >= 0.6 is 0 Å². The number of aryl methyl sites for hydroxylation is 2. The van der Waals surface area contributed by atoms with Crippen LogP contribution in [0.2, 0.25) is 0 Å². The van der Waals surface area contributed by atoms with E-state index in [1.807, 2.05) is 62.4 Å². The van der Waals surface area contributed by atoms with E-state index >= 15 is 0 Å². The Morgan fingerprint density at radius 3 is 2.54 bits per heavy atom. The third-order valence-corrected chi connectivity index (χ3v) is 4.60. The van der Waals surface area contributed by atoms with Crippen LogP contribution in [0.3, 0.4) is 0 Å². The summed E-state index contributed by atoms with van der Waals surface area (Å²) < 4.78 is 7.03. The number of benzene rings is 2. The topological polar surface area (TPSA) is 68.5 Å². The van der Waals surface area contributed by atoms with Crippen molar-refractivity contribution in [2.75, 3.05) is 12.4 Å². The monoisotopic (exact) mass is 372 g/mol. The average Bonchev–Trinajstić information content (AvgIpc) is 3.13. The van der Waals surface area contributed by atoms with Gasteiger partial charge < -0.3 is 10.1 Å². The van der Waals surface area contributed by atoms with Crippen molar-refractivity contribution in [3.63, 3.8) is 0 Å². The molecular weight excluding hydrogens is 352 g/mol. The smallest absolute Gasteiger partial charge is 0.261 e. The normalized spacial score (nSPS) is 10.8. The summed E-state index contributed by atoms with van der Waals surface area (Å²) in [5.41, 5.74) is 5.60. The Balaban J connectivity index is 1.72. The summed E-state index contributed by atoms with van der Waals surface area (Å²) in [6, 6.07) is 15.7. The molecule has 0 aliphatic heterocycles. The number of rotatable bonds is 4. The van der Waals surface area contributed by atoms with E-state index in [1.54, 1.807) is 17.8 Å². The predicted octanol–water partition coefficient (Wildman–Crippen LogP) is 4.27. The molecule has 2 aromatic heterocycles. The van der Waals surface area contributed by atoms with Crippen molar-refractivity contribution in [3.8, 4) is 17.0 Å². The molecule has 0 radical (unpaired) electrons. The van der Waals surface area contributed by atoms with Gasteiger partial charge in [0.1, 0.15) is 11.3 Å². The van der Waals surface area contributed by atoms with Crippen molar-refractivity contribution in [2.45, 2.75) is 13.8 Å². The molecule has 140 valence electrons. The summed E-state index contributed by atoms with van der Waals surface area (Å²) in [6.07, 6.45) is 3.23. The number of nitrogens with zero attached hydrogens (tertiary/aromatic N) is 3. The molecule has 1 amide bonds. The number of aromatic nitrogens is 3. The summed E-state index contributed by atoms with van der Waals surface area (Å²) in [5.74, 6) is 0.316. The van der Waals surface area contributed by atoms with Gasteiger partial charge in [0.25, 0.3) is 5.91 Å². The van der Waals surface area contributed by atoms with E-state index in [0.717, 1.165) is 16.8 Å². The minimum atomic E-state index is -0.285. The van der Waals surface area contributed by atoms with E-state index in [9.17, 15) is 4.79 Å². The highest BCUT2D eigenvalue weighted by Gasteiger charge is 2.17. The van der Waals surface area contributed by atoms with Gasteiger partial charge in [-0.25, -0.2) is 9.50 Å². The van der Waals surface area contributed by atoms with Crippen LogP contribution < -0.4 is 10.1 Å². The summed E-state index contributed by atoms with van der Waals surface area (Å²) in [4.78, 5) is 17.3. The molecule has 28 heavy (non-hydrogen) atoms. The minimum absolute atomic E-state index is 0.285. The average molecular weight is 372 g/mol. The first kappa shape index (κ1) is 17.7. The molecule has 1 N–H and O–H groups in total. The molecule has 0 spiro atoms. The number of nitrogens with one attached hydrogen (secondary N) is 1. The second kappa shape index (κ2) is 7.15. The summed E-state index contributed by atoms with van der Waals surface area (Å²) >= 11 is 0. The molecule has 0 unspecified atom stereocenters. The largest absolute Gasteiger partial charge is 0.495 e. The zero-order valence-electron chi connectivity index (χ0n) is 15.9. The van der Waals surface area contributed by atoms with Crippen LogP contribution in [0.1, 0.15) is 21.5 Å². The van der Waals surface area contributed by atoms with Gasteiger partial charge in [-0.1, -0.05) is 35.9 Å². The lowest BCUT2D eigenvalue weighted by Gasteiger charge is -2.10. The maximum atomic E-state index is 12.9. The molecule has 0 atom stereocenters. The van der Waals surface area contributed by atoms with Crippen molar-refractivity contribution in [1.29, 1.82) is 0 Å². The van der Waals surface area contributed by atoms with E-state index in [2.05, 4.69) is 15.4 Å². The van der Waals surface area contributed by atoms with Gasteiger partial charge in [-0.3, -0.25) is 4.79 Å². The number of amides is 1. The number of anilines is 1. The third-order valence-electron chi connectivity index (χ3n) is 4.60. The van der Waals surface area contributed by atoms with Crippen LogP contribution in [0, 0.1) is 13.8 Å². The van der Waals surface area contributed by atoms with Crippen LogP contribution in [0.25, 0.3) is 16.9 Å². The molecule has 0 fully saturated rings. The number of fused-ring (bicyclic) bond motifs is 1. The molecule has 2 aromatic carbocycles. The second-order valence-electron chi connectivity index (χ2n) is 6.65. The number of hydrogen-bond donors (Lipinski definition) is 1. The molecule has 2 heterocycles. The first-order chi connectivity index (χ1) is 13.6. The van der Waals surface area contributed by atoms with Gasteiger partial charge in [-0.05, 0) is 37.6 Å². The van der Waals surface area contributed by atoms with Gasteiger partial charge in [0.2, 0.25) is 0 Å². The molecule has 0 saturated heterocycles. The molecule has 4 rings (SSSR count). The van der Waals surface area contributed by atoms with Crippen molar-refractivity contribution >= 4 is 17.2 Å². The van der Waals surface area contributed by atoms with E-state index in [4.69, 9.17) is 4.74 Å². The zero-order valence-corrected chi connectivity index (χ0v) is 15.9. The number of carbonyl (C=O) groups is 1. The Hall–Kier alpha value is -3.67. The first-order valence-corrected chi connectivity index (χ1v) is 8.92. The van der Waals surface area contributed by atoms with Crippen molar-refractivity contribution < 1.29 is 9.53 Å². The predicted molar refractivity (Wildman–Crippen MR) is 109 cm³/mol. The Labute approximate surface area is 162 Å². The van der Waals surface area contributed by atoms with Gasteiger partial charge in [0, 0.05) is 11.8 Å². The van der Waals surface area contributed by atoms with E-state index in [-0.39, 0.29) is 5.91 Å². The van der Waals surface area contributed by atoms with Crippen molar-refractivity contribution in [2.24, 2.45) is 0 Å². The number of hydrogen-bond acceptors (Lipinski definition) is 4. The number of methoxy groups -OCH3 is 1. The summed E-state index contributed by atoms with van der Waals surface area (Å²) in [7, 11) is 1.57. The quantitative estimate of drug-likeness (QED) is 0.581. The number of ether oxygens (including phenoxy) is 1. The molecule has 0 saturated carbocycles. The van der Waals surface area contributed by atoms with Crippen molar-refractivity contribution in [1.82, 2.24) is 14.6 Å². The molecule has 0 aliphatic carbocycles. The number of carbonyl (C=O) groups excluding carboxylic acids is 1. The fourth-order valence-electron chi connectivity index (χ4n) is 3.10. The molecular formula is C22H20N4O2. The van der Waals surface area contributed by atoms with Gasteiger partial charge in [-0.15, -0.1) is 0 Å². The standard InChI is InChI=1S/C22H20N4O2/c1-14-4-7-16(8-5-14)19-10-11-23-21-17(13-24-26(19)21)22(27)25-18-12-15(2)6-9-20(18)28-3/h4-13H,1-3H3,(H,25,27). The maximum Gasteiger partial charge on any atom is 0.261 e. The van der Waals surface area contributed by atoms with Gasteiger partial charge in [0.05, 0.1) is 24.7 Å². The minimum Gasteiger partial charge on any atom is -0.495 e. The summed E-state index contributed by atoms with van der Waals surface area (Å²) in [5, 5.41) is 7.31. The highest BCUT2D eigenvalue weighted by Crippen LogP contribution is 2.27. The Bertz CT molecular complexity index is 1160. The first-order valence-electron chi connectivity index (χ1n) is 8.92. The van der Waals surface area contributed by atoms with Crippen LogP contribution in [0.15, 0.2) is 60.9 Å². The van der Waals surface area contributed by atoms with Crippen LogP contribution in [0.5, 0.6) is 5.75 Å². The Kier molecular flexibility index (Phi) is 4.53. The lowest BCUT2D eigenvalue weighted by atomic mass is 10.1. The second-order valence-corrected chi connectivity index (χ2v) is 6.65. The fourth-order valence-corrected chi connectivity index (χ4v) is 3.10. The van der Waals surface area contributed by atoms with Crippen LogP contribution in [0.4, 0.5) is 5.69 Å². The van der Waals surface area contributed by atoms with E-state index in [0.29, 0.717) is 22.6 Å². The van der Waals surface area contributed by atoms with Gasteiger partial charge in [0.15, 0.2) is 5.65 Å². The van der Waals surface area contributed by atoms with Gasteiger partial charge in [-0.2, -0.15) is 5.10 Å². The fraction of sp³-hybridized carbons (Fsp3) is 0.136. The molecule has 4 aromatic rings. The highest BCUT2D eigenvalue weighted by atomic mass is 16.5. The molecule has 6 nitrogen and oxygen atoms in total. The third kappa shape index (κ3) is 3.20. The van der Waals surface area contributed by atoms with Crippen molar-refractivity contribution in [3.05, 3.63) is 77.6 Å². The molecule has 6 heteroatoms.